The summed E-state index contributed by atoms with van der Waals surface area (Å²) in [6, 6.07) is 6.53. The van der Waals surface area contributed by atoms with Gasteiger partial charge in [0.15, 0.2) is 12.5 Å². The van der Waals surface area contributed by atoms with Crippen LogP contribution in [-0.2, 0) is 23.8 Å². The van der Waals surface area contributed by atoms with Crippen LogP contribution in [0.3, 0.4) is 0 Å². The van der Waals surface area contributed by atoms with Gasteiger partial charge in [-0.1, -0.05) is 20.8 Å². The quantitative estimate of drug-likeness (QED) is 0.167. The second-order valence-electron chi connectivity index (χ2n) is 7.54. The van der Waals surface area contributed by atoms with Crippen LogP contribution in [0.15, 0.2) is 24.3 Å². The van der Waals surface area contributed by atoms with Gasteiger partial charge in [-0.25, -0.2) is 0 Å². The minimum Gasteiger partial charge on any atom is -0.484 e. The summed E-state index contributed by atoms with van der Waals surface area (Å²) < 4.78 is 21.2. The molecule has 2 amide bonds. The molecule has 0 aliphatic carbocycles. The van der Waals surface area contributed by atoms with E-state index < -0.39 is 0 Å². The highest BCUT2D eigenvalue weighted by atomic mass is 16.5. The molecule has 0 saturated carbocycles. The maximum Gasteiger partial charge on any atom is 0.258 e. The van der Waals surface area contributed by atoms with E-state index in [9.17, 15) is 9.59 Å². The minimum atomic E-state index is -0.279. The van der Waals surface area contributed by atoms with E-state index in [2.05, 4.69) is 10.6 Å². The third-order valence-electron chi connectivity index (χ3n) is 4.15. The predicted molar refractivity (Wildman–Crippen MR) is 129 cm³/mol. The first-order chi connectivity index (χ1) is 15.8. The van der Waals surface area contributed by atoms with Gasteiger partial charge >= 0.3 is 0 Å². The zero-order valence-corrected chi connectivity index (χ0v) is 19.7. The first kappa shape index (κ1) is 28.1. The fraction of sp³-hybridized carbons (Fsp3) is 0.565. The summed E-state index contributed by atoms with van der Waals surface area (Å²) in [6.07, 6.45) is 0.738. The number of carbonyl (C=O) groups excluding carboxylic acids is 2. The average Bonchev–Trinajstić information content (AvgIpc) is 2.80. The molecular formula is C23H40N4O6. The molecule has 10 nitrogen and oxygen atoms in total. The van der Waals surface area contributed by atoms with Crippen molar-refractivity contribution in [2.45, 2.75) is 33.6 Å². The van der Waals surface area contributed by atoms with Crippen LogP contribution >= 0.6 is 0 Å². The van der Waals surface area contributed by atoms with Gasteiger partial charge in [0.25, 0.3) is 5.91 Å². The van der Waals surface area contributed by atoms with Crippen molar-refractivity contribution in [1.29, 1.82) is 10.8 Å². The molecule has 0 aliphatic heterocycles. The standard InChI is InChI=1S/C23H36N4O6.2H2/c1-4-20(24)33-23(25)18-5-7-19(8-6-18)32-16-22(29)26-10-12-31-14-13-30-11-9-21(28)27-15-17(2)3;;/h5-8,17,24-25H,4,9-16H2,1-3H3,(H,26,29)(H,27,28);2*1H. The smallest absolute Gasteiger partial charge is 0.258 e. The number of rotatable bonds is 16. The van der Waals surface area contributed by atoms with Crippen LogP contribution in [0, 0.1) is 16.7 Å². The number of nitrogens with one attached hydrogen (secondary N) is 4. The molecule has 188 valence electrons. The van der Waals surface area contributed by atoms with Crippen molar-refractivity contribution in [3.63, 3.8) is 0 Å². The molecular weight excluding hydrogens is 428 g/mol. The molecule has 4 N–H and O–H groups in total. The molecule has 0 heterocycles. The fourth-order valence-corrected chi connectivity index (χ4v) is 2.31. The normalized spacial score (nSPS) is 10.5. The van der Waals surface area contributed by atoms with Crippen LogP contribution in [0.1, 0.15) is 42.0 Å². The van der Waals surface area contributed by atoms with Crippen molar-refractivity contribution in [3.8, 4) is 5.75 Å². The lowest BCUT2D eigenvalue weighted by atomic mass is 10.2. The highest BCUT2D eigenvalue weighted by molar-refractivity contribution is 5.99. The summed E-state index contributed by atoms with van der Waals surface area (Å²) in [4.78, 5) is 23.4. The van der Waals surface area contributed by atoms with Gasteiger partial charge in [0.05, 0.1) is 26.4 Å². The molecule has 0 spiro atoms. The third-order valence-corrected chi connectivity index (χ3v) is 4.15. The number of ether oxygens (including phenoxy) is 4. The lowest BCUT2D eigenvalue weighted by Crippen LogP contribution is -2.32. The SMILES string of the molecule is CCC(=N)OC(=N)c1ccc(OCC(=O)NCCOCCOCCC(=O)NCC(C)C)cc1.[HH].[HH]. The van der Waals surface area contributed by atoms with Gasteiger partial charge in [-0.3, -0.25) is 20.4 Å². The van der Waals surface area contributed by atoms with E-state index in [0.717, 1.165) is 0 Å². The Hall–Kier alpha value is -2.98. The number of benzene rings is 1. The molecule has 1 aromatic carbocycles. The zero-order chi connectivity index (χ0) is 24.5. The Kier molecular flexibility index (Phi) is 14.1. The molecule has 33 heavy (non-hydrogen) atoms. The fourth-order valence-electron chi connectivity index (χ4n) is 2.31. The Morgan fingerprint density at radius 1 is 0.970 bits per heavy atom. The lowest BCUT2D eigenvalue weighted by molar-refractivity contribution is -0.123. The molecule has 0 fully saturated rings. The summed E-state index contributed by atoms with van der Waals surface area (Å²) in [5, 5.41) is 20.8. The van der Waals surface area contributed by atoms with Crippen molar-refractivity contribution < 1.29 is 31.4 Å². The highest BCUT2D eigenvalue weighted by Gasteiger charge is 2.07. The first-order valence-corrected chi connectivity index (χ1v) is 11.1. The van der Waals surface area contributed by atoms with Gasteiger partial charge in [0.2, 0.25) is 11.8 Å². The maximum atomic E-state index is 11.8. The topological polar surface area (TPSA) is 143 Å². The molecule has 0 saturated heterocycles. The molecule has 1 aromatic rings. The van der Waals surface area contributed by atoms with E-state index in [-0.39, 0.29) is 33.1 Å². The molecule has 10 heteroatoms. The Morgan fingerprint density at radius 2 is 1.64 bits per heavy atom. The largest absolute Gasteiger partial charge is 0.484 e. The van der Waals surface area contributed by atoms with Crippen LogP contribution < -0.4 is 15.4 Å². The number of carbonyl (C=O) groups is 2. The molecule has 0 bridgehead atoms. The van der Waals surface area contributed by atoms with Crippen molar-refractivity contribution in [3.05, 3.63) is 29.8 Å². The third kappa shape index (κ3) is 13.9. The molecule has 0 radical (unpaired) electrons. The predicted octanol–water partition coefficient (Wildman–Crippen LogP) is 2.60. The lowest BCUT2D eigenvalue weighted by Gasteiger charge is -2.10. The van der Waals surface area contributed by atoms with Gasteiger partial charge in [-0.2, -0.15) is 0 Å². The van der Waals surface area contributed by atoms with Gasteiger partial charge in [-0.15, -0.1) is 0 Å². The second-order valence-corrected chi connectivity index (χ2v) is 7.54. The number of hydrogen-bond acceptors (Lipinski definition) is 8. The van der Waals surface area contributed by atoms with E-state index in [1.165, 1.54) is 0 Å². The van der Waals surface area contributed by atoms with Gasteiger partial charge in [-0.05, 0) is 30.2 Å². The van der Waals surface area contributed by atoms with E-state index in [4.69, 9.17) is 29.8 Å². The molecule has 0 unspecified atom stereocenters. The number of amides is 2. The Labute approximate surface area is 198 Å². The molecule has 0 aromatic heterocycles. The maximum absolute atomic E-state index is 11.8. The summed E-state index contributed by atoms with van der Waals surface area (Å²) in [6.45, 7) is 8.16. The Bertz CT molecular complexity index is 763. The van der Waals surface area contributed by atoms with Gasteiger partial charge < -0.3 is 29.6 Å². The summed E-state index contributed by atoms with van der Waals surface area (Å²) in [7, 11) is 0. The Balaban J connectivity index is 0. The van der Waals surface area contributed by atoms with Crippen LogP contribution in [0.5, 0.6) is 5.75 Å². The van der Waals surface area contributed by atoms with E-state index in [1.54, 1.807) is 31.2 Å². The van der Waals surface area contributed by atoms with Crippen molar-refractivity contribution in [2.24, 2.45) is 5.92 Å². The van der Waals surface area contributed by atoms with Crippen molar-refractivity contribution >= 4 is 23.6 Å². The average molecular weight is 469 g/mol. The molecule has 1 rings (SSSR count). The monoisotopic (exact) mass is 468 g/mol. The summed E-state index contributed by atoms with van der Waals surface area (Å²) >= 11 is 0. The first-order valence-electron chi connectivity index (χ1n) is 11.1. The van der Waals surface area contributed by atoms with E-state index in [0.29, 0.717) is 69.6 Å². The summed E-state index contributed by atoms with van der Waals surface area (Å²) in [5.74, 6) is 0.523. The zero-order valence-electron chi connectivity index (χ0n) is 19.7. The van der Waals surface area contributed by atoms with Gasteiger partial charge in [0.1, 0.15) is 5.75 Å². The van der Waals surface area contributed by atoms with Crippen LogP contribution in [0.4, 0.5) is 0 Å². The van der Waals surface area contributed by atoms with Crippen LogP contribution in [0.2, 0.25) is 0 Å². The number of hydrogen-bond donors (Lipinski definition) is 4. The van der Waals surface area contributed by atoms with Crippen LogP contribution in [0.25, 0.3) is 0 Å². The van der Waals surface area contributed by atoms with Crippen LogP contribution in [-0.4, -0.2) is 69.7 Å². The van der Waals surface area contributed by atoms with E-state index in [1.807, 2.05) is 13.8 Å². The van der Waals surface area contributed by atoms with E-state index >= 15 is 0 Å². The molecule has 0 atom stereocenters. The van der Waals surface area contributed by atoms with Gasteiger partial charge in [0, 0.05) is 34.3 Å². The highest BCUT2D eigenvalue weighted by Crippen LogP contribution is 2.13. The summed E-state index contributed by atoms with van der Waals surface area (Å²) in [5.41, 5.74) is 0.514. The van der Waals surface area contributed by atoms with Crippen molar-refractivity contribution in [1.82, 2.24) is 10.6 Å². The van der Waals surface area contributed by atoms with Crippen molar-refractivity contribution in [2.75, 3.05) is 46.1 Å². The Morgan fingerprint density at radius 3 is 2.27 bits per heavy atom. The molecule has 0 aliphatic rings. The second kappa shape index (κ2) is 16.6. The minimum absolute atomic E-state index is 0.